The summed E-state index contributed by atoms with van der Waals surface area (Å²) in [4.78, 5) is 27.1. The van der Waals surface area contributed by atoms with Crippen molar-refractivity contribution in [3.8, 4) is 5.75 Å². The molecule has 0 aliphatic carbocycles. The number of aryl methyl sites for hydroxylation is 2. The molecule has 1 N–H and O–H groups in total. The van der Waals surface area contributed by atoms with E-state index in [9.17, 15) is 9.59 Å². The van der Waals surface area contributed by atoms with Crippen molar-refractivity contribution in [2.45, 2.75) is 26.7 Å². The van der Waals surface area contributed by atoms with Crippen LogP contribution in [0.3, 0.4) is 0 Å². The number of methoxy groups -OCH3 is 1. The third kappa shape index (κ3) is 4.30. The first-order chi connectivity index (χ1) is 13.0. The molecule has 27 heavy (non-hydrogen) atoms. The van der Waals surface area contributed by atoms with Crippen LogP contribution in [-0.4, -0.2) is 36.9 Å². The van der Waals surface area contributed by atoms with Crippen molar-refractivity contribution >= 4 is 17.5 Å². The highest BCUT2D eigenvalue weighted by atomic mass is 16.5. The third-order valence-corrected chi connectivity index (χ3v) is 5.26. The molecule has 3 rings (SSSR count). The predicted molar refractivity (Wildman–Crippen MR) is 106 cm³/mol. The van der Waals surface area contributed by atoms with Crippen LogP contribution in [0, 0.1) is 19.8 Å². The maximum atomic E-state index is 12.8. The molecule has 0 saturated carbocycles. The van der Waals surface area contributed by atoms with Crippen LogP contribution < -0.4 is 10.1 Å². The van der Waals surface area contributed by atoms with Gasteiger partial charge in [0.25, 0.3) is 5.91 Å². The lowest BCUT2D eigenvalue weighted by molar-refractivity contribution is -0.121. The molecule has 2 aromatic carbocycles. The number of nitrogens with one attached hydrogen (secondary N) is 1. The standard InChI is InChI=1S/C22H26N2O3/c1-15-8-9-18(14-16(15)2)23-21(25)17-10-12-24(13-11-17)22(26)19-6-4-5-7-20(19)27-3/h4-9,14,17H,10-13H2,1-3H3,(H,23,25). The van der Waals surface area contributed by atoms with Crippen LogP contribution in [-0.2, 0) is 4.79 Å². The van der Waals surface area contributed by atoms with Crippen molar-refractivity contribution in [2.75, 3.05) is 25.5 Å². The summed E-state index contributed by atoms with van der Waals surface area (Å²) >= 11 is 0. The molecule has 2 amide bonds. The number of hydrogen-bond acceptors (Lipinski definition) is 3. The molecule has 0 spiro atoms. The van der Waals surface area contributed by atoms with Gasteiger partial charge in [-0.1, -0.05) is 18.2 Å². The van der Waals surface area contributed by atoms with E-state index in [0.29, 0.717) is 37.2 Å². The number of hydrogen-bond donors (Lipinski definition) is 1. The van der Waals surface area contributed by atoms with E-state index < -0.39 is 0 Å². The number of piperidine rings is 1. The third-order valence-electron chi connectivity index (χ3n) is 5.26. The van der Waals surface area contributed by atoms with Gasteiger partial charge in [0.05, 0.1) is 12.7 Å². The van der Waals surface area contributed by atoms with Gasteiger partial charge in [0.2, 0.25) is 5.91 Å². The van der Waals surface area contributed by atoms with Gasteiger partial charge in [0.15, 0.2) is 0 Å². The Labute approximate surface area is 160 Å². The molecular formula is C22H26N2O3. The Morgan fingerprint density at radius 1 is 1.04 bits per heavy atom. The van der Waals surface area contributed by atoms with Crippen molar-refractivity contribution in [1.29, 1.82) is 0 Å². The summed E-state index contributed by atoms with van der Waals surface area (Å²) in [5.41, 5.74) is 3.76. The van der Waals surface area contributed by atoms with E-state index in [4.69, 9.17) is 4.74 Å². The van der Waals surface area contributed by atoms with Gasteiger partial charge in [-0.3, -0.25) is 9.59 Å². The SMILES string of the molecule is COc1ccccc1C(=O)N1CCC(C(=O)Nc2ccc(C)c(C)c2)CC1. The summed E-state index contributed by atoms with van der Waals surface area (Å²) in [6, 6.07) is 13.2. The Morgan fingerprint density at radius 2 is 1.74 bits per heavy atom. The molecule has 1 aliphatic heterocycles. The highest BCUT2D eigenvalue weighted by Crippen LogP contribution is 2.25. The van der Waals surface area contributed by atoms with E-state index >= 15 is 0 Å². The topological polar surface area (TPSA) is 58.6 Å². The highest BCUT2D eigenvalue weighted by Gasteiger charge is 2.28. The van der Waals surface area contributed by atoms with Crippen molar-refractivity contribution < 1.29 is 14.3 Å². The monoisotopic (exact) mass is 366 g/mol. The van der Waals surface area contributed by atoms with E-state index in [1.165, 1.54) is 5.56 Å². The summed E-state index contributed by atoms with van der Waals surface area (Å²) in [5.74, 6) is 0.494. The maximum Gasteiger partial charge on any atom is 0.257 e. The van der Waals surface area contributed by atoms with Crippen molar-refractivity contribution in [3.63, 3.8) is 0 Å². The van der Waals surface area contributed by atoms with Crippen LogP contribution in [0.25, 0.3) is 0 Å². The zero-order chi connectivity index (χ0) is 19.4. The number of benzene rings is 2. The van der Waals surface area contributed by atoms with E-state index in [1.807, 2.05) is 37.3 Å². The highest BCUT2D eigenvalue weighted by molar-refractivity contribution is 5.97. The number of anilines is 1. The first-order valence-electron chi connectivity index (χ1n) is 9.30. The van der Waals surface area contributed by atoms with E-state index in [1.54, 1.807) is 24.1 Å². The Morgan fingerprint density at radius 3 is 2.41 bits per heavy atom. The zero-order valence-electron chi connectivity index (χ0n) is 16.1. The number of carbonyl (C=O) groups is 2. The number of ether oxygens (including phenoxy) is 1. The largest absolute Gasteiger partial charge is 0.496 e. The normalized spacial score (nSPS) is 14.7. The first-order valence-corrected chi connectivity index (χ1v) is 9.30. The van der Waals surface area contributed by atoms with Crippen LogP contribution in [0.4, 0.5) is 5.69 Å². The molecular weight excluding hydrogens is 340 g/mol. The summed E-state index contributed by atoms with van der Waals surface area (Å²) in [5, 5.41) is 3.01. The fourth-order valence-electron chi connectivity index (χ4n) is 3.40. The second kappa shape index (κ2) is 8.25. The number of para-hydroxylation sites is 1. The molecule has 5 heteroatoms. The smallest absolute Gasteiger partial charge is 0.257 e. The van der Waals surface area contributed by atoms with Gasteiger partial charge in [-0.15, -0.1) is 0 Å². The lowest BCUT2D eigenvalue weighted by Crippen LogP contribution is -2.41. The van der Waals surface area contributed by atoms with Gasteiger partial charge in [0, 0.05) is 24.7 Å². The number of amides is 2. The number of likely N-dealkylation sites (tertiary alicyclic amines) is 1. The van der Waals surface area contributed by atoms with E-state index in [0.717, 1.165) is 11.3 Å². The Balaban J connectivity index is 1.58. The molecule has 1 saturated heterocycles. The molecule has 0 bridgehead atoms. The van der Waals surface area contributed by atoms with Crippen LogP contribution >= 0.6 is 0 Å². The molecule has 1 aliphatic rings. The summed E-state index contributed by atoms with van der Waals surface area (Å²) in [7, 11) is 1.56. The van der Waals surface area contributed by atoms with Crippen LogP contribution in [0.1, 0.15) is 34.3 Å². The molecule has 0 unspecified atom stereocenters. The number of carbonyl (C=O) groups excluding carboxylic acids is 2. The van der Waals surface area contributed by atoms with Gasteiger partial charge >= 0.3 is 0 Å². The van der Waals surface area contributed by atoms with Crippen LogP contribution in [0.2, 0.25) is 0 Å². The molecule has 1 fully saturated rings. The van der Waals surface area contributed by atoms with Crippen LogP contribution in [0.15, 0.2) is 42.5 Å². The Hall–Kier alpha value is -2.82. The van der Waals surface area contributed by atoms with Crippen molar-refractivity contribution in [2.24, 2.45) is 5.92 Å². The van der Waals surface area contributed by atoms with E-state index in [2.05, 4.69) is 12.2 Å². The van der Waals surface area contributed by atoms with Gasteiger partial charge in [-0.05, 0) is 62.1 Å². The van der Waals surface area contributed by atoms with Gasteiger partial charge < -0.3 is 15.0 Å². The minimum atomic E-state index is -0.0756. The summed E-state index contributed by atoms with van der Waals surface area (Å²) in [6.07, 6.45) is 1.33. The van der Waals surface area contributed by atoms with Gasteiger partial charge in [-0.2, -0.15) is 0 Å². The Kier molecular flexibility index (Phi) is 5.79. The van der Waals surface area contributed by atoms with Crippen molar-refractivity contribution in [1.82, 2.24) is 4.90 Å². The fraction of sp³-hybridized carbons (Fsp3) is 0.364. The minimum absolute atomic E-state index is 0.0302. The molecule has 0 atom stereocenters. The number of nitrogens with zero attached hydrogens (tertiary/aromatic N) is 1. The molecule has 142 valence electrons. The predicted octanol–water partition coefficient (Wildman–Crippen LogP) is 3.80. The summed E-state index contributed by atoms with van der Waals surface area (Å²) < 4.78 is 5.29. The second-order valence-corrected chi connectivity index (χ2v) is 7.06. The quantitative estimate of drug-likeness (QED) is 0.895. The Bertz CT molecular complexity index is 839. The fourth-order valence-corrected chi connectivity index (χ4v) is 3.40. The average molecular weight is 366 g/mol. The molecule has 0 radical (unpaired) electrons. The lowest BCUT2D eigenvalue weighted by atomic mass is 9.95. The zero-order valence-corrected chi connectivity index (χ0v) is 16.1. The van der Waals surface area contributed by atoms with E-state index in [-0.39, 0.29) is 17.7 Å². The lowest BCUT2D eigenvalue weighted by Gasteiger charge is -2.31. The molecule has 0 aromatic heterocycles. The first kappa shape index (κ1) is 19.0. The minimum Gasteiger partial charge on any atom is -0.496 e. The van der Waals surface area contributed by atoms with Crippen LogP contribution in [0.5, 0.6) is 5.75 Å². The maximum absolute atomic E-state index is 12.8. The van der Waals surface area contributed by atoms with Crippen molar-refractivity contribution in [3.05, 3.63) is 59.2 Å². The number of rotatable bonds is 4. The average Bonchev–Trinajstić information content (AvgIpc) is 2.70. The molecule has 5 nitrogen and oxygen atoms in total. The second-order valence-electron chi connectivity index (χ2n) is 7.06. The summed E-state index contributed by atoms with van der Waals surface area (Å²) in [6.45, 7) is 5.23. The molecule has 2 aromatic rings. The molecule has 1 heterocycles. The van der Waals surface area contributed by atoms with Gasteiger partial charge in [0.1, 0.15) is 5.75 Å². The van der Waals surface area contributed by atoms with Gasteiger partial charge in [-0.25, -0.2) is 0 Å².